The van der Waals surface area contributed by atoms with Gasteiger partial charge in [0.25, 0.3) is 0 Å². The largest absolute Gasteiger partial charge is 0.323 e. The van der Waals surface area contributed by atoms with Crippen LogP contribution in [0.2, 0.25) is 0 Å². The lowest BCUT2D eigenvalue weighted by Crippen LogP contribution is -2.28. The van der Waals surface area contributed by atoms with E-state index in [-0.39, 0.29) is 5.91 Å². The van der Waals surface area contributed by atoms with Gasteiger partial charge in [-0.05, 0) is 56.5 Å². The Morgan fingerprint density at radius 2 is 2.18 bits per heavy atom. The molecular formula is C16H21N5O. The number of carbonyl (C=O) groups excluding carboxylic acids is 1. The summed E-state index contributed by atoms with van der Waals surface area (Å²) in [5.74, 6) is 1.34. The number of aromatic nitrogens is 3. The smallest absolute Gasteiger partial charge is 0.224 e. The third-order valence-electron chi connectivity index (χ3n) is 4.02. The summed E-state index contributed by atoms with van der Waals surface area (Å²) < 4.78 is 1.66. The number of rotatable bonds is 5. The first kappa shape index (κ1) is 14.7. The van der Waals surface area contributed by atoms with Crippen molar-refractivity contribution in [3.63, 3.8) is 0 Å². The highest BCUT2D eigenvalue weighted by Crippen LogP contribution is 2.20. The van der Waals surface area contributed by atoms with E-state index in [0.29, 0.717) is 23.8 Å². The predicted octanol–water partition coefficient (Wildman–Crippen LogP) is 1.99. The number of nitrogens with one attached hydrogen (secondary N) is 2. The standard InChI is InChI=1S/C16H21N5O/c22-15(5-4-13-6-10-17-11-7-13)20-14-3-1-8-18-16(14)21-12-2-9-19-21/h1-3,8-9,12-13,17H,4-7,10-11H2,(H,20,22). The van der Waals surface area contributed by atoms with Crippen molar-refractivity contribution in [3.05, 3.63) is 36.8 Å². The van der Waals surface area contributed by atoms with Crippen molar-refractivity contribution in [1.82, 2.24) is 20.1 Å². The van der Waals surface area contributed by atoms with Crippen LogP contribution in [-0.4, -0.2) is 33.8 Å². The van der Waals surface area contributed by atoms with Crippen molar-refractivity contribution < 1.29 is 4.79 Å². The van der Waals surface area contributed by atoms with Crippen molar-refractivity contribution >= 4 is 11.6 Å². The molecule has 0 atom stereocenters. The SMILES string of the molecule is O=C(CCC1CCNCC1)Nc1cccnc1-n1cccn1. The monoisotopic (exact) mass is 299 g/mol. The second-order valence-corrected chi connectivity index (χ2v) is 5.61. The summed E-state index contributed by atoms with van der Waals surface area (Å²) in [6.07, 6.45) is 9.03. The Balaban J connectivity index is 1.59. The third-order valence-corrected chi connectivity index (χ3v) is 4.02. The molecule has 3 rings (SSSR count). The lowest BCUT2D eigenvalue weighted by Gasteiger charge is -2.22. The average molecular weight is 299 g/mol. The zero-order valence-electron chi connectivity index (χ0n) is 12.5. The van der Waals surface area contributed by atoms with Gasteiger partial charge in [0.2, 0.25) is 5.91 Å². The van der Waals surface area contributed by atoms with Crippen LogP contribution in [0.25, 0.3) is 5.82 Å². The van der Waals surface area contributed by atoms with Gasteiger partial charge >= 0.3 is 0 Å². The molecule has 116 valence electrons. The lowest BCUT2D eigenvalue weighted by molar-refractivity contribution is -0.116. The van der Waals surface area contributed by atoms with E-state index >= 15 is 0 Å². The maximum Gasteiger partial charge on any atom is 0.224 e. The fourth-order valence-electron chi connectivity index (χ4n) is 2.79. The van der Waals surface area contributed by atoms with Crippen LogP contribution in [0.3, 0.4) is 0 Å². The number of piperidine rings is 1. The summed E-state index contributed by atoms with van der Waals surface area (Å²) in [5, 5.41) is 10.5. The number of hydrogen-bond acceptors (Lipinski definition) is 4. The van der Waals surface area contributed by atoms with Crippen LogP contribution in [-0.2, 0) is 4.79 Å². The van der Waals surface area contributed by atoms with Crippen LogP contribution >= 0.6 is 0 Å². The van der Waals surface area contributed by atoms with Gasteiger partial charge in [0, 0.05) is 25.0 Å². The first-order chi connectivity index (χ1) is 10.8. The number of carbonyl (C=O) groups is 1. The summed E-state index contributed by atoms with van der Waals surface area (Å²) in [7, 11) is 0. The highest BCUT2D eigenvalue weighted by molar-refractivity contribution is 5.92. The van der Waals surface area contributed by atoms with Crippen LogP contribution in [0.4, 0.5) is 5.69 Å². The molecule has 2 N–H and O–H groups in total. The Labute approximate surface area is 129 Å². The Kier molecular flexibility index (Phi) is 4.80. The molecule has 0 aromatic carbocycles. The highest BCUT2D eigenvalue weighted by atomic mass is 16.1. The molecule has 2 aromatic rings. The maximum atomic E-state index is 12.2. The molecule has 1 amide bonds. The summed E-state index contributed by atoms with van der Waals surface area (Å²) in [5.41, 5.74) is 0.696. The molecule has 6 heteroatoms. The van der Waals surface area contributed by atoms with E-state index in [1.807, 2.05) is 24.4 Å². The van der Waals surface area contributed by atoms with Gasteiger partial charge in [-0.15, -0.1) is 0 Å². The van der Waals surface area contributed by atoms with Crippen molar-refractivity contribution in [2.45, 2.75) is 25.7 Å². The van der Waals surface area contributed by atoms with Crippen LogP contribution in [0.5, 0.6) is 0 Å². The number of amides is 1. The van der Waals surface area contributed by atoms with E-state index in [1.54, 1.807) is 17.1 Å². The van der Waals surface area contributed by atoms with Crippen molar-refractivity contribution in [2.75, 3.05) is 18.4 Å². The molecule has 0 radical (unpaired) electrons. The number of pyridine rings is 1. The van der Waals surface area contributed by atoms with Gasteiger partial charge in [-0.3, -0.25) is 4.79 Å². The van der Waals surface area contributed by atoms with Crippen molar-refractivity contribution in [3.8, 4) is 5.82 Å². The number of anilines is 1. The van der Waals surface area contributed by atoms with Gasteiger partial charge in [-0.2, -0.15) is 5.10 Å². The fourth-order valence-corrected chi connectivity index (χ4v) is 2.79. The van der Waals surface area contributed by atoms with Gasteiger partial charge in [-0.1, -0.05) is 0 Å². The van der Waals surface area contributed by atoms with E-state index in [9.17, 15) is 4.79 Å². The van der Waals surface area contributed by atoms with Crippen LogP contribution in [0.15, 0.2) is 36.8 Å². The Morgan fingerprint density at radius 1 is 1.32 bits per heavy atom. The van der Waals surface area contributed by atoms with E-state index in [0.717, 1.165) is 19.5 Å². The molecule has 0 saturated carbocycles. The average Bonchev–Trinajstić information content (AvgIpc) is 3.09. The van der Waals surface area contributed by atoms with Crippen molar-refractivity contribution in [2.24, 2.45) is 5.92 Å². The topological polar surface area (TPSA) is 71.8 Å². The third kappa shape index (κ3) is 3.71. The first-order valence-corrected chi connectivity index (χ1v) is 7.78. The molecule has 0 unspecified atom stereocenters. The molecule has 1 saturated heterocycles. The Morgan fingerprint density at radius 3 is 2.95 bits per heavy atom. The van der Waals surface area contributed by atoms with Crippen LogP contribution in [0.1, 0.15) is 25.7 Å². The zero-order valence-corrected chi connectivity index (χ0v) is 12.5. The van der Waals surface area contributed by atoms with E-state index in [1.165, 1.54) is 12.8 Å². The minimum atomic E-state index is 0.0416. The molecule has 6 nitrogen and oxygen atoms in total. The lowest BCUT2D eigenvalue weighted by atomic mass is 9.93. The summed E-state index contributed by atoms with van der Waals surface area (Å²) >= 11 is 0. The van der Waals surface area contributed by atoms with Gasteiger partial charge < -0.3 is 10.6 Å². The summed E-state index contributed by atoms with van der Waals surface area (Å²) in [6.45, 7) is 2.14. The zero-order chi connectivity index (χ0) is 15.2. The van der Waals surface area contributed by atoms with Gasteiger partial charge in [0.15, 0.2) is 5.82 Å². The van der Waals surface area contributed by atoms with Gasteiger partial charge in [0.05, 0.1) is 5.69 Å². The molecule has 0 spiro atoms. The molecule has 3 heterocycles. The maximum absolute atomic E-state index is 12.2. The first-order valence-electron chi connectivity index (χ1n) is 7.78. The molecule has 2 aromatic heterocycles. The van der Waals surface area contributed by atoms with E-state index in [4.69, 9.17) is 0 Å². The van der Waals surface area contributed by atoms with E-state index in [2.05, 4.69) is 20.7 Å². The molecule has 1 aliphatic heterocycles. The molecular weight excluding hydrogens is 278 g/mol. The van der Waals surface area contributed by atoms with Crippen LogP contribution < -0.4 is 10.6 Å². The highest BCUT2D eigenvalue weighted by Gasteiger charge is 2.15. The Hall–Kier alpha value is -2.21. The Bertz CT molecular complexity index is 605. The summed E-state index contributed by atoms with van der Waals surface area (Å²) in [6, 6.07) is 5.50. The van der Waals surface area contributed by atoms with Crippen LogP contribution in [0, 0.1) is 5.92 Å². The normalized spacial score (nSPS) is 15.6. The van der Waals surface area contributed by atoms with E-state index < -0.39 is 0 Å². The minimum Gasteiger partial charge on any atom is -0.323 e. The second-order valence-electron chi connectivity index (χ2n) is 5.61. The van der Waals surface area contributed by atoms with Gasteiger partial charge in [0.1, 0.15) is 0 Å². The second kappa shape index (κ2) is 7.17. The number of nitrogens with zero attached hydrogens (tertiary/aromatic N) is 3. The fraction of sp³-hybridized carbons (Fsp3) is 0.438. The molecule has 22 heavy (non-hydrogen) atoms. The quantitative estimate of drug-likeness (QED) is 0.885. The van der Waals surface area contributed by atoms with Gasteiger partial charge in [-0.25, -0.2) is 9.67 Å². The minimum absolute atomic E-state index is 0.0416. The summed E-state index contributed by atoms with van der Waals surface area (Å²) in [4.78, 5) is 16.5. The molecule has 0 bridgehead atoms. The number of hydrogen-bond donors (Lipinski definition) is 2. The predicted molar refractivity (Wildman–Crippen MR) is 84.8 cm³/mol. The molecule has 1 aliphatic rings. The molecule has 0 aliphatic carbocycles. The van der Waals surface area contributed by atoms with Crippen molar-refractivity contribution in [1.29, 1.82) is 0 Å². The molecule has 1 fully saturated rings.